The molecule has 1 atom stereocenters. The fourth-order valence-electron chi connectivity index (χ4n) is 2.03. The van der Waals surface area contributed by atoms with Crippen LogP contribution in [-0.4, -0.2) is 29.0 Å². The van der Waals surface area contributed by atoms with Gasteiger partial charge in [0.2, 0.25) is 0 Å². The van der Waals surface area contributed by atoms with E-state index >= 15 is 0 Å². The predicted octanol–water partition coefficient (Wildman–Crippen LogP) is 3.14. The minimum atomic E-state index is -0.226. The van der Waals surface area contributed by atoms with Gasteiger partial charge in [-0.05, 0) is 32.4 Å². The SMILES string of the molecule is Cc1ccc(SCC(C)(CO)NC(C)C)c(C)c1. The van der Waals surface area contributed by atoms with E-state index in [1.165, 1.54) is 16.0 Å². The summed E-state index contributed by atoms with van der Waals surface area (Å²) in [4.78, 5) is 1.30. The van der Waals surface area contributed by atoms with Crippen molar-refractivity contribution in [2.24, 2.45) is 0 Å². The number of aliphatic hydroxyl groups is 1. The predicted molar refractivity (Wildman–Crippen MR) is 80.4 cm³/mol. The molecule has 1 aromatic rings. The number of aliphatic hydroxyl groups excluding tert-OH is 1. The summed E-state index contributed by atoms with van der Waals surface area (Å²) in [7, 11) is 0. The Labute approximate surface area is 115 Å². The monoisotopic (exact) mass is 267 g/mol. The lowest BCUT2D eigenvalue weighted by Gasteiger charge is -2.31. The van der Waals surface area contributed by atoms with Gasteiger partial charge in [0, 0.05) is 22.2 Å². The van der Waals surface area contributed by atoms with Crippen LogP contribution in [0.1, 0.15) is 31.9 Å². The molecule has 0 heterocycles. The molecule has 0 spiro atoms. The molecule has 1 unspecified atom stereocenters. The Morgan fingerprint density at radius 2 is 2.00 bits per heavy atom. The zero-order chi connectivity index (χ0) is 13.8. The van der Waals surface area contributed by atoms with Crippen LogP contribution in [0.4, 0.5) is 0 Å². The third-order valence-corrected chi connectivity index (χ3v) is 4.41. The Balaban J connectivity index is 2.67. The second-order valence-corrected chi connectivity index (χ2v) is 6.59. The average Bonchev–Trinajstić information content (AvgIpc) is 2.27. The van der Waals surface area contributed by atoms with Gasteiger partial charge in [-0.15, -0.1) is 11.8 Å². The largest absolute Gasteiger partial charge is 0.394 e. The Hall–Kier alpha value is -0.510. The molecule has 0 radical (unpaired) electrons. The van der Waals surface area contributed by atoms with Crippen molar-refractivity contribution >= 4 is 11.8 Å². The molecule has 18 heavy (non-hydrogen) atoms. The number of thioether (sulfide) groups is 1. The van der Waals surface area contributed by atoms with E-state index in [1.54, 1.807) is 11.8 Å². The Bertz CT molecular complexity index is 392. The van der Waals surface area contributed by atoms with E-state index in [1.807, 2.05) is 0 Å². The van der Waals surface area contributed by atoms with Crippen molar-refractivity contribution in [1.29, 1.82) is 0 Å². The van der Waals surface area contributed by atoms with Crippen LogP contribution in [0.25, 0.3) is 0 Å². The molecule has 0 saturated carbocycles. The average molecular weight is 267 g/mol. The first-order chi connectivity index (χ1) is 8.36. The Morgan fingerprint density at radius 1 is 1.33 bits per heavy atom. The number of hydrogen-bond donors (Lipinski definition) is 2. The van der Waals surface area contributed by atoms with E-state index in [0.717, 1.165) is 5.75 Å². The normalized spacial score (nSPS) is 14.8. The molecule has 3 heteroatoms. The standard InChI is InChI=1S/C15H25NOS/c1-11(2)16-15(5,9-17)10-18-14-7-6-12(3)8-13(14)4/h6-8,11,16-17H,9-10H2,1-5H3. The number of rotatable bonds is 6. The molecular formula is C15H25NOS. The Kier molecular flexibility index (Phi) is 5.70. The van der Waals surface area contributed by atoms with Crippen LogP contribution in [0.5, 0.6) is 0 Å². The molecular weight excluding hydrogens is 242 g/mol. The first-order valence-corrected chi connectivity index (χ1v) is 7.43. The molecule has 2 nitrogen and oxygen atoms in total. The summed E-state index contributed by atoms with van der Waals surface area (Å²) in [5.41, 5.74) is 2.38. The fraction of sp³-hybridized carbons (Fsp3) is 0.600. The summed E-state index contributed by atoms with van der Waals surface area (Å²) < 4.78 is 0. The third-order valence-electron chi connectivity index (χ3n) is 2.86. The van der Waals surface area contributed by atoms with Crippen LogP contribution >= 0.6 is 11.8 Å². The zero-order valence-corrected chi connectivity index (χ0v) is 12.9. The van der Waals surface area contributed by atoms with Crippen LogP contribution in [0.3, 0.4) is 0 Å². The van der Waals surface area contributed by atoms with Gasteiger partial charge in [0.25, 0.3) is 0 Å². The maximum absolute atomic E-state index is 9.55. The maximum atomic E-state index is 9.55. The highest BCUT2D eigenvalue weighted by atomic mass is 32.2. The van der Waals surface area contributed by atoms with Gasteiger partial charge in [0.05, 0.1) is 6.61 Å². The summed E-state index contributed by atoms with van der Waals surface area (Å²) in [6.45, 7) is 10.7. The number of nitrogens with one attached hydrogen (secondary N) is 1. The topological polar surface area (TPSA) is 32.3 Å². The second-order valence-electron chi connectivity index (χ2n) is 5.58. The van der Waals surface area contributed by atoms with Gasteiger partial charge in [0.1, 0.15) is 0 Å². The number of aryl methyl sites for hydroxylation is 2. The molecule has 0 amide bonds. The molecule has 0 fully saturated rings. The molecule has 0 bridgehead atoms. The van der Waals surface area contributed by atoms with E-state index in [-0.39, 0.29) is 12.1 Å². The van der Waals surface area contributed by atoms with Crippen molar-refractivity contribution in [3.63, 3.8) is 0 Å². The van der Waals surface area contributed by atoms with Crippen molar-refractivity contribution in [3.05, 3.63) is 29.3 Å². The minimum Gasteiger partial charge on any atom is -0.394 e. The molecule has 2 N–H and O–H groups in total. The molecule has 0 aliphatic carbocycles. The first-order valence-electron chi connectivity index (χ1n) is 6.45. The summed E-state index contributed by atoms with van der Waals surface area (Å²) in [6, 6.07) is 6.89. The lowest BCUT2D eigenvalue weighted by Crippen LogP contribution is -2.51. The van der Waals surface area contributed by atoms with E-state index in [0.29, 0.717) is 6.04 Å². The van der Waals surface area contributed by atoms with E-state index in [9.17, 15) is 5.11 Å². The molecule has 0 aliphatic heterocycles. The van der Waals surface area contributed by atoms with Gasteiger partial charge in [-0.1, -0.05) is 31.5 Å². The molecule has 1 aromatic carbocycles. The minimum absolute atomic E-state index is 0.156. The van der Waals surface area contributed by atoms with Gasteiger partial charge in [-0.2, -0.15) is 0 Å². The zero-order valence-electron chi connectivity index (χ0n) is 12.1. The van der Waals surface area contributed by atoms with Crippen LogP contribution in [0.2, 0.25) is 0 Å². The van der Waals surface area contributed by atoms with Crippen molar-refractivity contribution in [1.82, 2.24) is 5.32 Å². The van der Waals surface area contributed by atoms with Gasteiger partial charge in [-0.25, -0.2) is 0 Å². The molecule has 102 valence electrons. The number of benzene rings is 1. The molecule has 1 rings (SSSR count). The van der Waals surface area contributed by atoms with Crippen LogP contribution in [0, 0.1) is 13.8 Å². The second kappa shape index (κ2) is 6.60. The van der Waals surface area contributed by atoms with E-state index in [2.05, 4.69) is 58.1 Å². The van der Waals surface area contributed by atoms with Gasteiger partial charge in [0.15, 0.2) is 0 Å². The molecule has 0 saturated heterocycles. The third kappa shape index (κ3) is 4.63. The highest BCUT2D eigenvalue weighted by Crippen LogP contribution is 2.26. The lowest BCUT2D eigenvalue weighted by atomic mass is 10.1. The van der Waals surface area contributed by atoms with Crippen molar-refractivity contribution in [2.75, 3.05) is 12.4 Å². The van der Waals surface area contributed by atoms with Crippen molar-refractivity contribution in [3.8, 4) is 0 Å². The van der Waals surface area contributed by atoms with Gasteiger partial charge < -0.3 is 10.4 Å². The first kappa shape index (κ1) is 15.5. The van der Waals surface area contributed by atoms with Crippen LogP contribution < -0.4 is 5.32 Å². The summed E-state index contributed by atoms with van der Waals surface area (Å²) in [6.07, 6.45) is 0. The smallest absolute Gasteiger partial charge is 0.0618 e. The number of hydrogen-bond acceptors (Lipinski definition) is 3. The quantitative estimate of drug-likeness (QED) is 0.777. The van der Waals surface area contributed by atoms with E-state index in [4.69, 9.17) is 0 Å². The lowest BCUT2D eigenvalue weighted by molar-refractivity contribution is 0.183. The fourth-order valence-corrected chi connectivity index (χ4v) is 3.13. The maximum Gasteiger partial charge on any atom is 0.0618 e. The summed E-state index contributed by atoms with van der Waals surface area (Å²) >= 11 is 1.81. The van der Waals surface area contributed by atoms with Crippen LogP contribution in [0.15, 0.2) is 23.1 Å². The van der Waals surface area contributed by atoms with E-state index < -0.39 is 0 Å². The van der Waals surface area contributed by atoms with Gasteiger partial charge >= 0.3 is 0 Å². The van der Waals surface area contributed by atoms with Gasteiger partial charge in [-0.3, -0.25) is 0 Å². The van der Waals surface area contributed by atoms with Crippen molar-refractivity contribution < 1.29 is 5.11 Å². The molecule has 0 aliphatic rings. The van der Waals surface area contributed by atoms with Crippen LogP contribution in [-0.2, 0) is 0 Å². The summed E-state index contributed by atoms with van der Waals surface area (Å²) in [5, 5.41) is 13.0. The Morgan fingerprint density at radius 3 is 2.50 bits per heavy atom. The van der Waals surface area contributed by atoms with Crippen molar-refractivity contribution in [2.45, 2.75) is 51.1 Å². The highest BCUT2D eigenvalue weighted by molar-refractivity contribution is 7.99. The summed E-state index contributed by atoms with van der Waals surface area (Å²) in [5.74, 6) is 0.867. The highest BCUT2D eigenvalue weighted by Gasteiger charge is 2.24. The molecule has 0 aromatic heterocycles.